The standard InChI is InChI=1S/C12H24O/c1-3-4-5-6-7-8-12(13)9-11(2)10-12/h11,13H,3-10H2,1-2H3. The van der Waals surface area contributed by atoms with Crippen molar-refractivity contribution in [2.75, 3.05) is 0 Å². The minimum absolute atomic E-state index is 0.258. The molecule has 0 heterocycles. The van der Waals surface area contributed by atoms with Crippen molar-refractivity contribution in [3.05, 3.63) is 0 Å². The van der Waals surface area contributed by atoms with Gasteiger partial charge in [0.25, 0.3) is 0 Å². The van der Waals surface area contributed by atoms with Gasteiger partial charge in [0, 0.05) is 0 Å². The minimum atomic E-state index is -0.258. The average Bonchev–Trinajstić information content (AvgIpc) is 2.02. The Labute approximate surface area is 82.5 Å². The molecule has 1 N–H and O–H groups in total. The summed E-state index contributed by atoms with van der Waals surface area (Å²) in [7, 11) is 0. The second-order valence-corrected chi connectivity index (χ2v) is 4.90. The molecular weight excluding hydrogens is 160 g/mol. The molecule has 1 saturated carbocycles. The van der Waals surface area contributed by atoms with Gasteiger partial charge < -0.3 is 5.11 Å². The van der Waals surface area contributed by atoms with E-state index in [0.717, 1.165) is 25.2 Å². The average molecular weight is 184 g/mol. The molecule has 1 nitrogen and oxygen atoms in total. The highest BCUT2D eigenvalue weighted by Crippen LogP contribution is 2.40. The molecule has 78 valence electrons. The first-order valence-corrected chi connectivity index (χ1v) is 5.89. The largest absolute Gasteiger partial charge is 0.390 e. The second kappa shape index (κ2) is 4.99. The van der Waals surface area contributed by atoms with E-state index in [4.69, 9.17) is 0 Å². The van der Waals surface area contributed by atoms with Crippen LogP contribution >= 0.6 is 0 Å². The van der Waals surface area contributed by atoms with Gasteiger partial charge in [-0.2, -0.15) is 0 Å². The van der Waals surface area contributed by atoms with Gasteiger partial charge in [0.1, 0.15) is 0 Å². The van der Waals surface area contributed by atoms with Crippen molar-refractivity contribution in [1.82, 2.24) is 0 Å². The lowest BCUT2D eigenvalue weighted by atomic mass is 9.69. The molecule has 0 saturated heterocycles. The number of hydrogen-bond donors (Lipinski definition) is 1. The third kappa shape index (κ3) is 3.68. The Morgan fingerprint density at radius 2 is 1.77 bits per heavy atom. The van der Waals surface area contributed by atoms with Crippen LogP contribution in [-0.4, -0.2) is 10.7 Å². The maximum absolute atomic E-state index is 9.94. The molecule has 0 radical (unpaired) electrons. The van der Waals surface area contributed by atoms with Crippen molar-refractivity contribution >= 4 is 0 Å². The number of rotatable bonds is 6. The maximum atomic E-state index is 9.94. The third-order valence-electron chi connectivity index (χ3n) is 3.20. The van der Waals surface area contributed by atoms with E-state index < -0.39 is 0 Å². The molecule has 1 rings (SSSR count). The fraction of sp³-hybridized carbons (Fsp3) is 1.00. The van der Waals surface area contributed by atoms with Crippen LogP contribution in [0.15, 0.2) is 0 Å². The molecule has 13 heavy (non-hydrogen) atoms. The minimum Gasteiger partial charge on any atom is -0.390 e. The SMILES string of the molecule is CCCCCCCC1(O)CC(C)C1. The van der Waals surface area contributed by atoms with Crippen LogP contribution in [0.2, 0.25) is 0 Å². The lowest BCUT2D eigenvalue weighted by Gasteiger charge is -2.42. The van der Waals surface area contributed by atoms with E-state index in [1.54, 1.807) is 0 Å². The van der Waals surface area contributed by atoms with Crippen LogP contribution in [-0.2, 0) is 0 Å². The van der Waals surface area contributed by atoms with Gasteiger partial charge in [0.15, 0.2) is 0 Å². The number of hydrogen-bond acceptors (Lipinski definition) is 1. The van der Waals surface area contributed by atoms with Crippen molar-refractivity contribution in [2.45, 2.75) is 70.8 Å². The summed E-state index contributed by atoms with van der Waals surface area (Å²) in [6.07, 6.45) is 9.68. The second-order valence-electron chi connectivity index (χ2n) is 4.90. The summed E-state index contributed by atoms with van der Waals surface area (Å²) in [6.45, 7) is 4.46. The zero-order valence-corrected chi connectivity index (χ0v) is 9.18. The molecule has 0 bridgehead atoms. The van der Waals surface area contributed by atoms with E-state index in [0.29, 0.717) is 0 Å². The molecule has 1 aliphatic carbocycles. The van der Waals surface area contributed by atoms with Gasteiger partial charge in [-0.05, 0) is 25.2 Å². The third-order valence-corrected chi connectivity index (χ3v) is 3.20. The summed E-state index contributed by atoms with van der Waals surface area (Å²) >= 11 is 0. The van der Waals surface area contributed by atoms with Gasteiger partial charge >= 0.3 is 0 Å². The molecule has 0 aromatic carbocycles. The van der Waals surface area contributed by atoms with E-state index in [1.807, 2.05) is 0 Å². The molecule has 0 amide bonds. The first-order valence-electron chi connectivity index (χ1n) is 5.89. The van der Waals surface area contributed by atoms with Gasteiger partial charge in [-0.3, -0.25) is 0 Å². The Balaban J connectivity index is 1.94. The molecule has 0 atom stereocenters. The summed E-state index contributed by atoms with van der Waals surface area (Å²) in [4.78, 5) is 0. The first kappa shape index (κ1) is 11.0. The summed E-state index contributed by atoms with van der Waals surface area (Å²) < 4.78 is 0. The van der Waals surface area contributed by atoms with Gasteiger partial charge in [-0.15, -0.1) is 0 Å². The van der Waals surface area contributed by atoms with Crippen LogP contribution in [0.25, 0.3) is 0 Å². The molecular formula is C12H24O. The van der Waals surface area contributed by atoms with Crippen molar-refractivity contribution < 1.29 is 5.11 Å². The Bertz CT molecular complexity index is 136. The molecule has 1 heteroatoms. The van der Waals surface area contributed by atoms with Gasteiger partial charge in [0.2, 0.25) is 0 Å². The highest BCUT2D eigenvalue weighted by Gasteiger charge is 2.38. The maximum Gasteiger partial charge on any atom is 0.0653 e. The highest BCUT2D eigenvalue weighted by molar-refractivity contribution is 4.91. The van der Waals surface area contributed by atoms with Gasteiger partial charge in [0.05, 0.1) is 5.60 Å². The van der Waals surface area contributed by atoms with Crippen molar-refractivity contribution in [1.29, 1.82) is 0 Å². The lowest BCUT2D eigenvalue weighted by molar-refractivity contribution is -0.0750. The Morgan fingerprint density at radius 3 is 2.31 bits per heavy atom. The highest BCUT2D eigenvalue weighted by atomic mass is 16.3. The summed E-state index contributed by atoms with van der Waals surface area (Å²) in [5.74, 6) is 0.764. The summed E-state index contributed by atoms with van der Waals surface area (Å²) in [6, 6.07) is 0. The first-order chi connectivity index (χ1) is 6.16. The normalized spacial score (nSPS) is 33.0. The summed E-state index contributed by atoms with van der Waals surface area (Å²) in [5, 5.41) is 9.94. The van der Waals surface area contributed by atoms with Crippen LogP contribution in [0.4, 0.5) is 0 Å². The fourth-order valence-corrected chi connectivity index (χ4v) is 2.50. The molecule has 0 unspecified atom stereocenters. The van der Waals surface area contributed by atoms with Crippen molar-refractivity contribution in [2.24, 2.45) is 5.92 Å². The number of aliphatic hydroxyl groups is 1. The molecule has 1 fully saturated rings. The molecule has 0 spiro atoms. The van der Waals surface area contributed by atoms with Gasteiger partial charge in [-0.25, -0.2) is 0 Å². The van der Waals surface area contributed by atoms with E-state index >= 15 is 0 Å². The number of unbranched alkanes of at least 4 members (excludes halogenated alkanes) is 4. The molecule has 0 aromatic heterocycles. The molecule has 0 aromatic rings. The Kier molecular flexibility index (Phi) is 4.24. The smallest absolute Gasteiger partial charge is 0.0653 e. The summed E-state index contributed by atoms with van der Waals surface area (Å²) in [5.41, 5.74) is -0.258. The molecule has 0 aliphatic heterocycles. The van der Waals surface area contributed by atoms with Crippen molar-refractivity contribution in [3.8, 4) is 0 Å². The van der Waals surface area contributed by atoms with E-state index in [9.17, 15) is 5.11 Å². The van der Waals surface area contributed by atoms with Crippen LogP contribution in [0, 0.1) is 5.92 Å². The van der Waals surface area contributed by atoms with E-state index in [1.165, 1.54) is 32.1 Å². The van der Waals surface area contributed by atoms with Gasteiger partial charge in [-0.1, -0.05) is 46.0 Å². The van der Waals surface area contributed by atoms with Crippen LogP contribution in [0.1, 0.15) is 65.2 Å². The zero-order chi connectivity index (χ0) is 9.73. The van der Waals surface area contributed by atoms with Crippen LogP contribution in [0.3, 0.4) is 0 Å². The Morgan fingerprint density at radius 1 is 1.15 bits per heavy atom. The quantitative estimate of drug-likeness (QED) is 0.626. The Hall–Kier alpha value is -0.0400. The fourth-order valence-electron chi connectivity index (χ4n) is 2.50. The molecule has 1 aliphatic rings. The lowest BCUT2D eigenvalue weighted by Crippen LogP contribution is -2.42. The zero-order valence-electron chi connectivity index (χ0n) is 9.18. The monoisotopic (exact) mass is 184 g/mol. The van der Waals surface area contributed by atoms with Crippen molar-refractivity contribution in [3.63, 3.8) is 0 Å². The topological polar surface area (TPSA) is 20.2 Å². The van der Waals surface area contributed by atoms with E-state index in [-0.39, 0.29) is 5.60 Å². The van der Waals surface area contributed by atoms with Crippen LogP contribution in [0.5, 0.6) is 0 Å². The van der Waals surface area contributed by atoms with Crippen LogP contribution < -0.4 is 0 Å². The predicted octanol–water partition coefficient (Wildman–Crippen LogP) is 3.51. The van der Waals surface area contributed by atoms with E-state index in [2.05, 4.69) is 13.8 Å². The predicted molar refractivity (Wildman–Crippen MR) is 56.7 cm³/mol.